The van der Waals surface area contributed by atoms with Crippen LogP contribution in [0, 0.1) is 0 Å². The molecule has 0 atom stereocenters. The van der Waals surface area contributed by atoms with E-state index in [2.05, 4.69) is 117 Å². The Morgan fingerprint density at radius 3 is 1.87 bits per heavy atom. The van der Waals surface area contributed by atoms with Gasteiger partial charge in [-0.25, -0.2) is 0 Å². The Kier molecular flexibility index (Phi) is 4.39. The Hall–Kier alpha value is -2.82. The van der Waals surface area contributed by atoms with Crippen LogP contribution in [0.2, 0.25) is 0 Å². The molecule has 4 heteroatoms. The highest BCUT2D eigenvalue weighted by molar-refractivity contribution is 6.62. The van der Waals surface area contributed by atoms with Crippen molar-refractivity contribution in [3.05, 3.63) is 85.1 Å². The molecule has 0 amide bonds. The number of hydrogen-bond acceptors (Lipinski definition) is 2. The van der Waals surface area contributed by atoms with E-state index < -0.39 is 0 Å². The Morgan fingerprint density at radius 1 is 0.667 bits per heavy atom. The molecule has 0 saturated carbocycles. The molecule has 5 rings (SSSR count). The summed E-state index contributed by atoms with van der Waals surface area (Å²) in [6.07, 6.45) is 2.12. The molecule has 0 bridgehead atoms. The van der Waals surface area contributed by atoms with Gasteiger partial charge in [-0.15, -0.1) is 0 Å². The fourth-order valence-electron chi connectivity index (χ4n) is 3.93. The van der Waals surface area contributed by atoms with Crippen molar-refractivity contribution in [1.82, 2.24) is 4.57 Å². The van der Waals surface area contributed by atoms with Gasteiger partial charge in [-0.05, 0) is 73.9 Å². The SMILES string of the molecule is CC1(C)OB(c2ccc(-c3ccc(-n4ccc5ccccc54)cc3)cc2)OC1(C)C. The Bertz CT molecular complexity index is 1170. The summed E-state index contributed by atoms with van der Waals surface area (Å²) in [7, 11) is -0.326. The lowest BCUT2D eigenvalue weighted by Crippen LogP contribution is -2.41. The van der Waals surface area contributed by atoms with Crippen molar-refractivity contribution < 1.29 is 9.31 Å². The van der Waals surface area contributed by atoms with Gasteiger partial charge in [0, 0.05) is 11.9 Å². The van der Waals surface area contributed by atoms with E-state index in [0.717, 1.165) is 11.2 Å². The Morgan fingerprint density at radius 2 is 1.23 bits per heavy atom. The average Bonchev–Trinajstić information content (AvgIpc) is 3.26. The summed E-state index contributed by atoms with van der Waals surface area (Å²) in [4.78, 5) is 0. The van der Waals surface area contributed by atoms with Crippen molar-refractivity contribution in [2.75, 3.05) is 0 Å². The van der Waals surface area contributed by atoms with Crippen LogP contribution in [0.3, 0.4) is 0 Å². The van der Waals surface area contributed by atoms with Crippen LogP contribution in [-0.2, 0) is 9.31 Å². The first-order valence-electron chi connectivity index (χ1n) is 10.5. The van der Waals surface area contributed by atoms with Gasteiger partial charge in [0.1, 0.15) is 0 Å². The molecule has 1 aliphatic heterocycles. The van der Waals surface area contributed by atoms with Crippen LogP contribution in [0.1, 0.15) is 27.7 Å². The van der Waals surface area contributed by atoms with Crippen LogP contribution < -0.4 is 5.46 Å². The molecule has 0 radical (unpaired) electrons. The van der Waals surface area contributed by atoms with Crippen molar-refractivity contribution in [3.63, 3.8) is 0 Å². The molecular weight excluding hydrogens is 369 g/mol. The summed E-state index contributed by atoms with van der Waals surface area (Å²) in [6.45, 7) is 8.32. The number of fused-ring (bicyclic) bond motifs is 1. The van der Waals surface area contributed by atoms with Crippen LogP contribution in [0.4, 0.5) is 0 Å². The third-order valence-corrected chi connectivity index (χ3v) is 6.51. The molecule has 1 aliphatic rings. The van der Waals surface area contributed by atoms with Crippen LogP contribution in [0.25, 0.3) is 27.7 Å². The standard InChI is InChI=1S/C26H26BNO2/c1-25(2)26(3,4)30-27(29-25)22-13-9-19(10-14-22)20-11-15-23(16-12-20)28-18-17-21-7-5-6-8-24(21)28/h5-18H,1-4H3. The predicted octanol–water partition coefficient (Wildman–Crippen LogP) is 5.60. The highest BCUT2D eigenvalue weighted by Gasteiger charge is 2.51. The van der Waals surface area contributed by atoms with E-state index in [1.807, 2.05) is 0 Å². The average molecular weight is 395 g/mol. The molecule has 1 fully saturated rings. The van der Waals surface area contributed by atoms with E-state index in [4.69, 9.17) is 9.31 Å². The summed E-state index contributed by atoms with van der Waals surface area (Å²) in [5.74, 6) is 0. The third-order valence-electron chi connectivity index (χ3n) is 6.51. The van der Waals surface area contributed by atoms with Crippen molar-refractivity contribution >= 4 is 23.5 Å². The smallest absolute Gasteiger partial charge is 0.399 e. The predicted molar refractivity (Wildman–Crippen MR) is 124 cm³/mol. The summed E-state index contributed by atoms with van der Waals surface area (Å²) in [5.41, 5.74) is 5.15. The molecule has 1 aromatic heterocycles. The molecule has 0 N–H and O–H groups in total. The summed E-state index contributed by atoms with van der Waals surface area (Å²) in [6, 6.07) is 27.8. The maximum atomic E-state index is 6.16. The number of rotatable bonds is 3. The minimum Gasteiger partial charge on any atom is -0.399 e. The fourth-order valence-corrected chi connectivity index (χ4v) is 3.93. The topological polar surface area (TPSA) is 23.4 Å². The highest BCUT2D eigenvalue weighted by atomic mass is 16.7. The highest BCUT2D eigenvalue weighted by Crippen LogP contribution is 2.36. The number of para-hydroxylation sites is 1. The van der Waals surface area contributed by atoms with Gasteiger partial charge in [0.15, 0.2) is 0 Å². The molecular formula is C26H26BNO2. The molecule has 3 aromatic carbocycles. The monoisotopic (exact) mass is 395 g/mol. The molecule has 4 aromatic rings. The maximum absolute atomic E-state index is 6.16. The van der Waals surface area contributed by atoms with Gasteiger partial charge in [0.25, 0.3) is 0 Å². The zero-order valence-electron chi connectivity index (χ0n) is 17.9. The van der Waals surface area contributed by atoms with Crippen molar-refractivity contribution in [1.29, 1.82) is 0 Å². The first-order chi connectivity index (χ1) is 14.3. The van der Waals surface area contributed by atoms with Gasteiger partial charge in [-0.1, -0.05) is 54.6 Å². The zero-order valence-corrected chi connectivity index (χ0v) is 17.9. The third kappa shape index (κ3) is 3.17. The lowest BCUT2D eigenvalue weighted by atomic mass is 9.78. The van der Waals surface area contributed by atoms with Gasteiger partial charge >= 0.3 is 7.12 Å². The van der Waals surface area contributed by atoms with Crippen molar-refractivity contribution in [3.8, 4) is 16.8 Å². The molecule has 150 valence electrons. The second kappa shape index (κ2) is 6.87. The number of hydrogen-bond donors (Lipinski definition) is 0. The molecule has 2 heterocycles. The summed E-state index contributed by atoms with van der Waals surface area (Å²) < 4.78 is 14.5. The molecule has 0 aliphatic carbocycles. The molecule has 0 unspecified atom stereocenters. The molecule has 3 nitrogen and oxygen atoms in total. The number of nitrogens with zero attached hydrogens (tertiary/aromatic N) is 1. The second-order valence-electron chi connectivity index (χ2n) is 9.00. The van der Waals surface area contributed by atoms with Crippen molar-refractivity contribution in [2.24, 2.45) is 0 Å². The van der Waals surface area contributed by atoms with Crippen LogP contribution >= 0.6 is 0 Å². The van der Waals surface area contributed by atoms with Gasteiger partial charge in [-0.2, -0.15) is 0 Å². The van der Waals surface area contributed by atoms with Crippen LogP contribution in [0.5, 0.6) is 0 Å². The van der Waals surface area contributed by atoms with E-state index in [0.29, 0.717) is 0 Å². The number of aromatic nitrogens is 1. The van der Waals surface area contributed by atoms with E-state index in [1.54, 1.807) is 0 Å². The van der Waals surface area contributed by atoms with Gasteiger partial charge in [0.2, 0.25) is 0 Å². The lowest BCUT2D eigenvalue weighted by Gasteiger charge is -2.32. The Balaban J connectivity index is 1.38. The van der Waals surface area contributed by atoms with E-state index >= 15 is 0 Å². The minimum absolute atomic E-state index is 0.325. The van der Waals surface area contributed by atoms with Crippen molar-refractivity contribution in [2.45, 2.75) is 38.9 Å². The van der Waals surface area contributed by atoms with E-state index in [1.165, 1.54) is 22.0 Å². The maximum Gasteiger partial charge on any atom is 0.494 e. The lowest BCUT2D eigenvalue weighted by molar-refractivity contribution is 0.00578. The minimum atomic E-state index is -0.326. The largest absolute Gasteiger partial charge is 0.494 e. The van der Waals surface area contributed by atoms with Gasteiger partial charge in [-0.3, -0.25) is 0 Å². The van der Waals surface area contributed by atoms with Crippen LogP contribution in [0.15, 0.2) is 85.1 Å². The molecule has 1 saturated heterocycles. The zero-order chi connectivity index (χ0) is 20.9. The number of benzene rings is 3. The second-order valence-corrected chi connectivity index (χ2v) is 9.00. The molecule has 0 spiro atoms. The van der Waals surface area contributed by atoms with Gasteiger partial charge in [0.05, 0.1) is 16.7 Å². The van der Waals surface area contributed by atoms with Gasteiger partial charge < -0.3 is 13.9 Å². The summed E-state index contributed by atoms with van der Waals surface area (Å²) in [5, 5.41) is 1.25. The quantitative estimate of drug-likeness (QED) is 0.422. The normalized spacial score (nSPS) is 17.5. The fraction of sp³-hybridized carbons (Fsp3) is 0.231. The molecule has 30 heavy (non-hydrogen) atoms. The summed E-state index contributed by atoms with van der Waals surface area (Å²) >= 11 is 0. The Labute approximate surface area is 178 Å². The first-order valence-corrected chi connectivity index (χ1v) is 10.5. The first kappa shape index (κ1) is 19.2. The van der Waals surface area contributed by atoms with E-state index in [-0.39, 0.29) is 18.3 Å². The van der Waals surface area contributed by atoms with Crippen LogP contribution in [-0.4, -0.2) is 22.9 Å². The van der Waals surface area contributed by atoms with E-state index in [9.17, 15) is 0 Å².